The van der Waals surface area contributed by atoms with Gasteiger partial charge in [-0.25, -0.2) is 4.79 Å². The molecular formula is C29H20Cl3N3O4. The average Bonchev–Trinajstić information content (AvgIpc) is 3.70. The van der Waals surface area contributed by atoms with Crippen LogP contribution >= 0.6 is 34.8 Å². The first-order valence-electron chi connectivity index (χ1n) is 11.9. The lowest BCUT2D eigenvalue weighted by Gasteiger charge is -2.11. The van der Waals surface area contributed by atoms with Crippen LogP contribution in [0.1, 0.15) is 51.7 Å². The van der Waals surface area contributed by atoms with Gasteiger partial charge in [-0.2, -0.15) is 5.26 Å². The fourth-order valence-electron chi connectivity index (χ4n) is 4.13. The van der Waals surface area contributed by atoms with Crippen molar-refractivity contribution >= 4 is 52.4 Å². The Bertz CT molecular complexity index is 1620. The molecule has 0 spiro atoms. The molecule has 0 unspecified atom stereocenters. The van der Waals surface area contributed by atoms with Gasteiger partial charge in [-0.05, 0) is 61.4 Å². The Hall–Kier alpha value is -3.83. The Morgan fingerprint density at radius 2 is 1.87 bits per heavy atom. The van der Waals surface area contributed by atoms with Crippen molar-refractivity contribution in [2.75, 3.05) is 7.11 Å². The summed E-state index contributed by atoms with van der Waals surface area (Å²) >= 11 is 19.5. The van der Waals surface area contributed by atoms with Crippen LogP contribution in [-0.4, -0.2) is 23.2 Å². The van der Waals surface area contributed by atoms with Crippen molar-refractivity contribution in [3.05, 3.63) is 97.9 Å². The zero-order valence-corrected chi connectivity index (χ0v) is 22.8. The van der Waals surface area contributed by atoms with Gasteiger partial charge in [-0.3, -0.25) is 4.98 Å². The molecule has 1 aliphatic carbocycles. The Labute approximate surface area is 239 Å². The van der Waals surface area contributed by atoms with E-state index in [-0.39, 0.29) is 28.7 Å². The number of ether oxygens (including phenoxy) is 2. The van der Waals surface area contributed by atoms with E-state index in [1.165, 1.54) is 19.4 Å². The molecule has 2 aromatic heterocycles. The summed E-state index contributed by atoms with van der Waals surface area (Å²) in [5, 5.41) is 15.3. The maximum absolute atomic E-state index is 12.1. The third kappa shape index (κ3) is 5.64. The van der Waals surface area contributed by atoms with Crippen molar-refractivity contribution < 1.29 is 18.8 Å². The van der Waals surface area contributed by atoms with Gasteiger partial charge < -0.3 is 14.0 Å². The molecule has 0 amide bonds. The summed E-state index contributed by atoms with van der Waals surface area (Å²) in [5.41, 5.74) is 3.12. The highest BCUT2D eigenvalue weighted by atomic mass is 35.5. The Morgan fingerprint density at radius 3 is 2.54 bits per heavy atom. The highest BCUT2D eigenvalue weighted by Crippen LogP contribution is 2.46. The van der Waals surface area contributed by atoms with Gasteiger partial charge in [0.05, 0.1) is 50.6 Å². The van der Waals surface area contributed by atoms with Gasteiger partial charge in [-0.15, -0.1) is 0 Å². The van der Waals surface area contributed by atoms with E-state index in [4.69, 9.17) is 48.8 Å². The number of nitrogens with zero attached hydrogens (tertiary/aromatic N) is 3. The summed E-state index contributed by atoms with van der Waals surface area (Å²) in [6.45, 7) is 0.152. The van der Waals surface area contributed by atoms with Crippen molar-refractivity contribution in [1.29, 1.82) is 5.26 Å². The number of hydrogen-bond acceptors (Lipinski definition) is 7. The second kappa shape index (κ2) is 11.5. The standard InChI is InChI=1S/C29H20Cl3N3O4/c1-37-29(36)20-4-3-11-34-25(20)12-17(14-33)19-10-9-18(13-24(19)32)38-15-21-27(35-39-28(21)16-7-8-16)26-22(30)5-2-6-23(26)31/h2-6,9-13,16H,7-8,15H2,1H3/b17-12+. The normalized spacial score (nSPS) is 13.2. The van der Waals surface area contributed by atoms with Gasteiger partial charge in [0.25, 0.3) is 0 Å². The van der Waals surface area contributed by atoms with E-state index in [1.54, 1.807) is 48.5 Å². The molecule has 0 aliphatic heterocycles. The van der Waals surface area contributed by atoms with Crippen LogP contribution in [0.4, 0.5) is 0 Å². The van der Waals surface area contributed by atoms with Crippen LogP contribution in [0.2, 0.25) is 15.1 Å². The molecule has 7 nitrogen and oxygen atoms in total. The number of allylic oxidation sites excluding steroid dienone is 1. The molecule has 0 saturated heterocycles. The number of carbonyl (C=O) groups is 1. The van der Waals surface area contributed by atoms with Crippen molar-refractivity contribution in [1.82, 2.24) is 10.1 Å². The topological polar surface area (TPSA) is 98.2 Å². The monoisotopic (exact) mass is 579 g/mol. The predicted molar refractivity (Wildman–Crippen MR) is 149 cm³/mol. The van der Waals surface area contributed by atoms with Crippen LogP contribution < -0.4 is 4.74 Å². The van der Waals surface area contributed by atoms with Gasteiger partial charge in [0.15, 0.2) is 0 Å². The molecule has 4 aromatic rings. The number of halogens is 3. The smallest absolute Gasteiger partial charge is 0.340 e. The van der Waals surface area contributed by atoms with E-state index in [9.17, 15) is 10.1 Å². The molecule has 1 fully saturated rings. The molecule has 196 valence electrons. The number of nitriles is 1. The molecule has 2 aromatic carbocycles. The van der Waals surface area contributed by atoms with E-state index in [0.717, 1.165) is 24.2 Å². The fourth-order valence-corrected chi connectivity index (χ4v) is 4.98. The minimum absolute atomic E-state index is 0.152. The highest BCUT2D eigenvalue weighted by molar-refractivity contribution is 6.39. The van der Waals surface area contributed by atoms with Gasteiger partial charge in [0, 0.05) is 23.2 Å². The molecule has 2 heterocycles. The molecule has 0 N–H and O–H groups in total. The zero-order valence-electron chi connectivity index (χ0n) is 20.6. The third-order valence-electron chi connectivity index (χ3n) is 6.23. The molecule has 5 rings (SSSR count). The number of esters is 1. The summed E-state index contributed by atoms with van der Waals surface area (Å²) in [7, 11) is 1.28. The lowest BCUT2D eigenvalue weighted by Crippen LogP contribution is -2.05. The van der Waals surface area contributed by atoms with Crippen LogP contribution in [0, 0.1) is 11.3 Å². The number of methoxy groups -OCH3 is 1. The summed E-state index contributed by atoms with van der Waals surface area (Å²) in [6.07, 6.45) is 5.04. The van der Waals surface area contributed by atoms with Crippen LogP contribution in [-0.2, 0) is 11.3 Å². The number of pyridine rings is 1. The van der Waals surface area contributed by atoms with Gasteiger partial charge in [0.1, 0.15) is 23.8 Å². The van der Waals surface area contributed by atoms with Crippen molar-refractivity contribution in [3.8, 4) is 23.1 Å². The van der Waals surface area contributed by atoms with Gasteiger partial charge >= 0.3 is 5.97 Å². The van der Waals surface area contributed by atoms with E-state index < -0.39 is 5.97 Å². The number of aromatic nitrogens is 2. The lowest BCUT2D eigenvalue weighted by molar-refractivity contribution is 0.0600. The summed E-state index contributed by atoms with van der Waals surface area (Å²) in [6, 6.07) is 15.6. The van der Waals surface area contributed by atoms with E-state index in [0.29, 0.717) is 38.3 Å². The van der Waals surface area contributed by atoms with Crippen LogP contribution in [0.25, 0.3) is 22.9 Å². The highest BCUT2D eigenvalue weighted by Gasteiger charge is 2.33. The van der Waals surface area contributed by atoms with Gasteiger partial charge in [-0.1, -0.05) is 46.0 Å². The summed E-state index contributed by atoms with van der Waals surface area (Å²) in [5.74, 6) is 0.962. The van der Waals surface area contributed by atoms with Crippen LogP contribution in [0.5, 0.6) is 5.75 Å². The number of hydrogen-bond donors (Lipinski definition) is 0. The first-order valence-corrected chi connectivity index (χ1v) is 13.0. The second-order valence-corrected chi connectivity index (χ2v) is 9.99. The molecule has 0 radical (unpaired) electrons. The molecule has 1 aliphatic rings. The SMILES string of the molecule is COC(=O)c1cccnc1/C=C(\C#N)c1ccc(OCc2c(-c3c(Cl)cccc3Cl)noc2C2CC2)cc1Cl. The fraction of sp³-hybridized carbons (Fsp3) is 0.172. The Balaban J connectivity index is 1.42. The average molecular weight is 581 g/mol. The summed E-state index contributed by atoms with van der Waals surface area (Å²) in [4.78, 5) is 16.3. The minimum Gasteiger partial charge on any atom is -0.489 e. The zero-order chi connectivity index (χ0) is 27.5. The third-order valence-corrected chi connectivity index (χ3v) is 7.17. The van der Waals surface area contributed by atoms with Crippen molar-refractivity contribution in [3.63, 3.8) is 0 Å². The lowest BCUT2D eigenvalue weighted by atomic mass is 10.0. The largest absolute Gasteiger partial charge is 0.489 e. The van der Waals surface area contributed by atoms with E-state index in [1.807, 2.05) is 0 Å². The molecule has 39 heavy (non-hydrogen) atoms. The Kier molecular flexibility index (Phi) is 7.89. The molecule has 10 heteroatoms. The van der Waals surface area contributed by atoms with Crippen molar-refractivity contribution in [2.45, 2.75) is 25.4 Å². The first-order chi connectivity index (χ1) is 18.9. The van der Waals surface area contributed by atoms with Crippen LogP contribution in [0.3, 0.4) is 0 Å². The molecule has 0 atom stereocenters. The van der Waals surface area contributed by atoms with E-state index >= 15 is 0 Å². The predicted octanol–water partition coefficient (Wildman–Crippen LogP) is 8.00. The minimum atomic E-state index is -0.557. The van der Waals surface area contributed by atoms with Crippen molar-refractivity contribution in [2.24, 2.45) is 0 Å². The first kappa shape index (κ1) is 26.8. The van der Waals surface area contributed by atoms with Crippen LogP contribution in [0.15, 0.2) is 59.3 Å². The quantitative estimate of drug-likeness (QED) is 0.154. The maximum atomic E-state index is 12.1. The number of rotatable bonds is 8. The summed E-state index contributed by atoms with van der Waals surface area (Å²) < 4.78 is 16.6. The molecule has 0 bridgehead atoms. The second-order valence-electron chi connectivity index (χ2n) is 8.77. The number of carbonyl (C=O) groups excluding carboxylic acids is 1. The number of benzene rings is 2. The van der Waals surface area contributed by atoms with E-state index in [2.05, 4.69) is 16.2 Å². The Morgan fingerprint density at radius 1 is 1.10 bits per heavy atom. The van der Waals surface area contributed by atoms with Gasteiger partial charge in [0.2, 0.25) is 0 Å². The molecular weight excluding hydrogens is 561 g/mol. The molecule has 1 saturated carbocycles. The maximum Gasteiger partial charge on any atom is 0.340 e.